The number of anilines is 2. The molecule has 2 amide bonds. The lowest BCUT2D eigenvalue weighted by Crippen LogP contribution is -2.25. The largest absolute Gasteiger partial charge is 0.399 e. The third-order valence-electron chi connectivity index (χ3n) is 9.36. The molecule has 268 valence electrons. The molecule has 2 aliphatic carbocycles. The number of aryl methyl sites for hydroxylation is 4. The van der Waals surface area contributed by atoms with Crippen LogP contribution in [0.1, 0.15) is 93.9 Å². The minimum absolute atomic E-state index is 0.0111. The van der Waals surface area contributed by atoms with Gasteiger partial charge in [-0.2, -0.15) is 0 Å². The van der Waals surface area contributed by atoms with Gasteiger partial charge in [0, 0.05) is 35.6 Å². The Balaban J connectivity index is 1.11. The lowest BCUT2D eigenvalue weighted by Gasteiger charge is -2.17. The zero-order valence-corrected chi connectivity index (χ0v) is 31.3. The number of nitrogens with two attached hydrogens (primary N) is 2. The van der Waals surface area contributed by atoms with E-state index in [4.69, 9.17) is 21.5 Å². The third-order valence-corrected chi connectivity index (χ3v) is 9.36. The Morgan fingerprint density at radius 1 is 0.588 bits per heavy atom. The number of benzene rings is 2. The predicted octanol–water partition coefficient (Wildman–Crippen LogP) is 9.67. The number of nitrogens with zero attached hydrogens (tertiary/aromatic N) is 2. The Labute approximate surface area is 304 Å². The highest BCUT2D eigenvalue weighted by atomic mass is 16.2. The average molecular weight is 687 g/mol. The van der Waals surface area contributed by atoms with Gasteiger partial charge in [-0.15, -0.1) is 0 Å². The Kier molecular flexibility index (Phi) is 13.3. The summed E-state index contributed by atoms with van der Waals surface area (Å²) in [4.78, 5) is 35.0. The highest BCUT2D eigenvalue weighted by molar-refractivity contribution is 6.14. The summed E-state index contributed by atoms with van der Waals surface area (Å²) in [6, 6.07) is 7.90. The first-order chi connectivity index (χ1) is 24.2. The molecule has 0 atom stereocenters. The lowest BCUT2D eigenvalue weighted by atomic mass is 9.98. The molecule has 0 radical (unpaired) electrons. The first-order valence-corrected chi connectivity index (χ1v) is 17.9. The molecule has 0 aliphatic heterocycles. The Hall–Kier alpha value is -5.24. The molecule has 0 unspecified atom stereocenters. The molecule has 0 spiro atoms. The number of nitrogens with one attached hydrogen (secondary N) is 2. The molecule has 0 saturated heterocycles. The minimum Gasteiger partial charge on any atom is -0.399 e. The van der Waals surface area contributed by atoms with Crippen molar-refractivity contribution in [2.75, 3.05) is 11.1 Å². The Bertz CT molecular complexity index is 1920. The van der Waals surface area contributed by atoms with Crippen molar-refractivity contribution >= 4 is 46.0 Å². The van der Waals surface area contributed by atoms with Crippen LogP contribution < -0.4 is 22.1 Å². The molecule has 2 aromatic carbocycles. The summed E-state index contributed by atoms with van der Waals surface area (Å²) in [7, 11) is 0. The van der Waals surface area contributed by atoms with Crippen molar-refractivity contribution in [1.82, 2.24) is 5.32 Å². The number of amides is 2. The fraction of sp³-hybridized carbons (Fsp3) is 0.349. The number of hydrogen-bond acceptors (Lipinski definition) is 6. The average Bonchev–Trinajstić information content (AvgIpc) is 3.06. The van der Waals surface area contributed by atoms with Gasteiger partial charge in [0.25, 0.3) is 0 Å². The molecule has 0 aromatic heterocycles. The van der Waals surface area contributed by atoms with E-state index in [-0.39, 0.29) is 11.8 Å². The van der Waals surface area contributed by atoms with Crippen LogP contribution in [0.4, 0.5) is 22.7 Å². The number of unbranched alkanes of at least 4 members (excludes halogenated alkanes) is 6. The number of rotatable bonds is 14. The van der Waals surface area contributed by atoms with Gasteiger partial charge in [0.2, 0.25) is 11.8 Å². The minimum atomic E-state index is 0.0111. The van der Waals surface area contributed by atoms with Gasteiger partial charge >= 0.3 is 0 Å². The zero-order valence-electron chi connectivity index (χ0n) is 31.3. The first-order valence-electron chi connectivity index (χ1n) is 17.9. The molecule has 8 nitrogen and oxygen atoms in total. The van der Waals surface area contributed by atoms with Crippen molar-refractivity contribution in [3.63, 3.8) is 0 Å². The first kappa shape index (κ1) is 38.6. The molecule has 8 heteroatoms. The predicted molar refractivity (Wildman–Crippen MR) is 215 cm³/mol. The molecule has 6 N–H and O–H groups in total. The van der Waals surface area contributed by atoms with E-state index >= 15 is 0 Å². The van der Waals surface area contributed by atoms with Crippen LogP contribution in [0.5, 0.6) is 0 Å². The summed E-state index contributed by atoms with van der Waals surface area (Å²) >= 11 is 0. The second-order valence-electron chi connectivity index (χ2n) is 13.9. The maximum atomic E-state index is 12.7. The van der Waals surface area contributed by atoms with Gasteiger partial charge in [-0.25, -0.2) is 9.98 Å². The lowest BCUT2D eigenvalue weighted by molar-refractivity contribution is -0.120. The van der Waals surface area contributed by atoms with E-state index in [1.165, 1.54) is 0 Å². The van der Waals surface area contributed by atoms with E-state index in [2.05, 4.69) is 23.8 Å². The van der Waals surface area contributed by atoms with Crippen LogP contribution in [0, 0.1) is 27.7 Å². The SMILES string of the molecule is C=C1C=C(NC(=O)CCCCCCCCCC(=O)Nc2cc(C)c(N=C3C=C(C)C(N)=CC3=C)cc2C)C(C)=CC1=Nc1cc(C)c(N)cc1C. The van der Waals surface area contributed by atoms with E-state index in [0.29, 0.717) is 18.5 Å². The smallest absolute Gasteiger partial charge is 0.224 e. The molecule has 0 fully saturated rings. The van der Waals surface area contributed by atoms with Gasteiger partial charge in [-0.05, 0) is 147 Å². The quantitative estimate of drug-likeness (QED) is 0.116. The van der Waals surface area contributed by atoms with Crippen LogP contribution in [-0.4, -0.2) is 23.2 Å². The van der Waals surface area contributed by atoms with Gasteiger partial charge < -0.3 is 22.1 Å². The van der Waals surface area contributed by atoms with Gasteiger partial charge in [0.05, 0.1) is 22.8 Å². The number of carbonyl (C=O) groups is 2. The summed E-state index contributed by atoms with van der Waals surface area (Å²) in [5, 5.41) is 6.14. The molecule has 51 heavy (non-hydrogen) atoms. The molecule has 2 aromatic rings. The molecule has 2 aliphatic rings. The number of nitrogen functional groups attached to an aromatic ring is 1. The van der Waals surface area contributed by atoms with Crippen molar-refractivity contribution in [3.8, 4) is 0 Å². The number of allylic oxidation sites excluding steroid dienone is 8. The monoisotopic (exact) mass is 686 g/mol. The summed E-state index contributed by atoms with van der Waals surface area (Å²) in [5.74, 6) is 0.0385. The van der Waals surface area contributed by atoms with Crippen LogP contribution in [0.2, 0.25) is 0 Å². The second kappa shape index (κ2) is 17.6. The van der Waals surface area contributed by atoms with Crippen LogP contribution in [-0.2, 0) is 9.59 Å². The van der Waals surface area contributed by atoms with Crippen LogP contribution in [0.15, 0.2) is 105 Å². The number of hydrogen-bond donors (Lipinski definition) is 4. The van der Waals surface area contributed by atoms with Gasteiger partial charge in [-0.1, -0.05) is 45.3 Å². The van der Waals surface area contributed by atoms with E-state index in [1.807, 2.05) is 90.1 Å². The summed E-state index contributed by atoms with van der Waals surface area (Å²) in [6.07, 6.45) is 15.6. The standard InChI is InChI=1S/C43H54N6O2/c1-26-20-36(28(3)18-34(26)44)46-38-22-32(7)40(24-30(38)5)48-42(50)16-14-12-10-9-11-13-15-17-43(51)49-41-25-31(6)39(23-33(41)8)47-37-21-27(2)35(45)19-29(37)4/h18-25H,3,6,9-17,44-45H2,1-2,4-5,7-8H3,(H,48,50)(H,49,51). The molecule has 0 heterocycles. The summed E-state index contributed by atoms with van der Waals surface area (Å²) in [5.41, 5.74) is 25.7. The van der Waals surface area contributed by atoms with Crippen LogP contribution in [0.25, 0.3) is 0 Å². The van der Waals surface area contributed by atoms with Crippen molar-refractivity contribution in [3.05, 3.63) is 118 Å². The fourth-order valence-electron chi connectivity index (χ4n) is 5.98. The van der Waals surface area contributed by atoms with Crippen molar-refractivity contribution in [2.24, 2.45) is 15.7 Å². The Morgan fingerprint density at radius 2 is 1.08 bits per heavy atom. The van der Waals surface area contributed by atoms with Gasteiger partial charge in [0.15, 0.2) is 0 Å². The van der Waals surface area contributed by atoms with Crippen LogP contribution in [0.3, 0.4) is 0 Å². The van der Waals surface area contributed by atoms with E-state index in [1.54, 1.807) is 0 Å². The molecular formula is C43H54N6O2. The second-order valence-corrected chi connectivity index (χ2v) is 13.9. The molecule has 0 saturated carbocycles. The topological polar surface area (TPSA) is 135 Å². The number of aliphatic imine (C=N–C) groups is 2. The van der Waals surface area contributed by atoms with E-state index < -0.39 is 0 Å². The van der Waals surface area contributed by atoms with Crippen LogP contribution >= 0.6 is 0 Å². The van der Waals surface area contributed by atoms with Crippen molar-refractivity contribution in [2.45, 2.75) is 99.3 Å². The number of carbonyl (C=O) groups excluding carboxylic acids is 2. The fourth-order valence-corrected chi connectivity index (χ4v) is 5.98. The zero-order chi connectivity index (χ0) is 37.2. The molecular weight excluding hydrogens is 633 g/mol. The third kappa shape index (κ3) is 10.9. The van der Waals surface area contributed by atoms with Gasteiger partial charge in [0.1, 0.15) is 0 Å². The van der Waals surface area contributed by atoms with E-state index in [0.717, 1.165) is 129 Å². The Morgan fingerprint density at radius 3 is 1.69 bits per heavy atom. The highest BCUT2D eigenvalue weighted by Crippen LogP contribution is 2.30. The molecule has 0 bridgehead atoms. The maximum absolute atomic E-state index is 12.7. The van der Waals surface area contributed by atoms with Crippen molar-refractivity contribution in [1.29, 1.82) is 0 Å². The highest BCUT2D eigenvalue weighted by Gasteiger charge is 2.16. The van der Waals surface area contributed by atoms with Gasteiger partial charge in [-0.3, -0.25) is 9.59 Å². The summed E-state index contributed by atoms with van der Waals surface area (Å²) < 4.78 is 0. The maximum Gasteiger partial charge on any atom is 0.224 e. The van der Waals surface area contributed by atoms with Crippen molar-refractivity contribution < 1.29 is 9.59 Å². The van der Waals surface area contributed by atoms with E-state index in [9.17, 15) is 9.59 Å². The molecule has 4 rings (SSSR count). The summed E-state index contributed by atoms with van der Waals surface area (Å²) in [6.45, 7) is 20.1. The normalized spacial score (nSPS) is 16.1.